The molecule has 0 aliphatic carbocycles. The van der Waals surface area contributed by atoms with Crippen LogP contribution in [-0.4, -0.2) is 35.4 Å². The van der Waals surface area contributed by atoms with Crippen LogP contribution < -0.4 is 4.74 Å². The topological polar surface area (TPSA) is 29.5 Å². The molecular weight excluding hydrogens is 262 g/mol. The summed E-state index contributed by atoms with van der Waals surface area (Å²) in [5, 5.41) is 0.229. The third kappa shape index (κ3) is 2.32. The smallest absolute Gasteiger partial charge is 0.254 e. The molecule has 19 heavy (non-hydrogen) atoms. The van der Waals surface area contributed by atoms with Crippen LogP contribution in [0.5, 0.6) is 5.75 Å². The molecule has 2 aliphatic rings. The summed E-state index contributed by atoms with van der Waals surface area (Å²) < 4.78 is 5.19. The Hall–Kier alpha value is -1.22. The van der Waals surface area contributed by atoms with Gasteiger partial charge in [-0.1, -0.05) is 6.07 Å². The predicted molar refractivity (Wildman–Crippen MR) is 74.8 cm³/mol. The maximum Gasteiger partial charge on any atom is 0.254 e. The standard InChI is InChI=1S/C15H18ClNO2/c1-19-14-4-2-3-10(7-14)15(18)17-12-5-6-13(17)9-11(16)8-12/h2-4,7,11-13H,5-6,8-9H2,1H3. The average Bonchev–Trinajstić information content (AvgIpc) is 2.70. The number of nitrogens with zero attached hydrogens (tertiary/aromatic N) is 1. The number of hydrogen-bond donors (Lipinski definition) is 0. The van der Waals surface area contributed by atoms with Gasteiger partial charge in [0.2, 0.25) is 0 Å². The van der Waals surface area contributed by atoms with Gasteiger partial charge in [-0.05, 0) is 43.9 Å². The molecule has 2 bridgehead atoms. The number of halogens is 1. The van der Waals surface area contributed by atoms with Gasteiger partial charge in [0.15, 0.2) is 0 Å². The van der Waals surface area contributed by atoms with Crippen molar-refractivity contribution in [2.24, 2.45) is 0 Å². The fourth-order valence-corrected chi connectivity index (χ4v) is 3.76. The number of ether oxygens (including phenoxy) is 1. The van der Waals surface area contributed by atoms with Crippen LogP contribution >= 0.6 is 11.6 Å². The molecular formula is C15H18ClNO2. The molecule has 1 aromatic rings. The summed E-state index contributed by atoms with van der Waals surface area (Å²) in [6.45, 7) is 0. The van der Waals surface area contributed by atoms with Crippen molar-refractivity contribution in [1.82, 2.24) is 4.90 Å². The Morgan fingerprint density at radius 3 is 2.63 bits per heavy atom. The fraction of sp³-hybridized carbons (Fsp3) is 0.533. The number of piperidine rings is 1. The molecule has 0 spiro atoms. The molecule has 3 nitrogen and oxygen atoms in total. The van der Waals surface area contributed by atoms with Gasteiger partial charge in [0.1, 0.15) is 5.75 Å². The number of benzene rings is 1. The van der Waals surface area contributed by atoms with Crippen LogP contribution in [-0.2, 0) is 0 Å². The lowest BCUT2D eigenvalue weighted by Crippen LogP contribution is -2.46. The minimum atomic E-state index is 0.120. The zero-order chi connectivity index (χ0) is 13.4. The third-order valence-corrected chi connectivity index (χ3v) is 4.58. The highest BCUT2D eigenvalue weighted by atomic mass is 35.5. The van der Waals surface area contributed by atoms with Crippen LogP contribution in [0, 0.1) is 0 Å². The molecule has 102 valence electrons. The summed E-state index contributed by atoms with van der Waals surface area (Å²) >= 11 is 6.25. The second-order valence-electron chi connectivity index (χ2n) is 5.40. The zero-order valence-electron chi connectivity index (χ0n) is 11.0. The molecule has 2 saturated heterocycles. The summed E-state index contributed by atoms with van der Waals surface area (Å²) in [6.07, 6.45) is 4.02. The number of amides is 1. The minimum absolute atomic E-state index is 0.120. The third-order valence-electron chi connectivity index (χ3n) is 4.23. The highest BCUT2D eigenvalue weighted by Gasteiger charge is 2.42. The van der Waals surface area contributed by atoms with Crippen LogP contribution in [0.2, 0.25) is 0 Å². The number of carbonyl (C=O) groups excluding carboxylic acids is 1. The average molecular weight is 280 g/mol. The van der Waals surface area contributed by atoms with Gasteiger partial charge in [0.05, 0.1) is 7.11 Å². The summed E-state index contributed by atoms with van der Waals surface area (Å²) in [6, 6.07) is 8.03. The number of methoxy groups -OCH3 is 1. The van der Waals surface area contributed by atoms with E-state index in [1.807, 2.05) is 29.2 Å². The van der Waals surface area contributed by atoms with Crippen molar-refractivity contribution in [1.29, 1.82) is 0 Å². The number of fused-ring (bicyclic) bond motifs is 2. The molecule has 2 fully saturated rings. The summed E-state index contributed by atoms with van der Waals surface area (Å²) in [5.74, 6) is 0.848. The van der Waals surface area contributed by atoms with E-state index in [0.717, 1.165) is 31.4 Å². The zero-order valence-corrected chi connectivity index (χ0v) is 11.8. The molecule has 4 heteroatoms. The van der Waals surface area contributed by atoms with Crippen molar-refractivity contribution in [3.63, 3.8) is 0 Å². The van der Waals surface area contributed by atoms with Gasteiger partial charge < -0.3 is 9.64 Å². The van der Waals surface area contributed by atoms with Gasteiger partial charge in [0.25, 0.3) is 5.91 Å². The Bertz CT molecular complexity index is 477. The predicted octanol–water partition coefficient (Wildman–Crippen LogP) is 3.07. The van der Waals surface area contributed by atoms with Gasteiger partial charge in [-0.2, -0.15) is 0 Å². The van der Waals surface area contributed by atoms with E-state index in [-0.39, 0.29) is 11.3 Å². The molecule has 0 N–H and O–H groups in total. The molecule has 0 saturated carbocycles. The van der Waals surface area contributed by atoms with E-state index in [1.165, 1.54) is 0 Å². The molecule has 2 unspecified atom stereocenters. The van der Waals surface area contributed by atoms with Crippen molar-refractivity contribution in [3.8, 4) is 5.75 Å². The highest BCUT2D eigenvalue weighted by molar-refractivity contribution is 6.20. The van der Waals surface area contributed by atoms with E-state index < -0.39 is 0 Å². The fourth-order valence-electron chi connectivity index (χ4n) is 3.35. The van der Waals surface area contributed by atoms with E-state index in [0.29, 0.717) is 17.6 Å². The van der Waals surface area contributed by atoms with E-state index in [4.69, 9.17) is 16.3 Å². The lowest BCUT2D eigenvalue weighted by Gasteiger charge is -2.37. The molecule has 2 heterocycles. The SMILES string of the molecule is COc1cccc(C(=O)N2C3CCC2CC(Cl)C3)c1. The van der Waals surface area contributed by atoms with Crippen LogP contribution in [0.4, 0.5) is 0 Å². The van der Waals surface area contributed by atoms with Crippen LogP contribution in [0.3, 0.4) is 0 Å². The summed E-state index contributed by atoms with van der Waals surface area (Å²) in [5.41, 5.74) is 0.712. The first kappa shape index (κ1) is 12.8. The van der Waals surface area contributed by atoms with E-state index in [9.17, 15) is 4.79 Å². The molecule has 2 atom stereocenters. The van der Waals surface area contributed by atoms with Crippen molar-refractivity contribution in [2.45, 2.75) is 43.1 Å². The Morgan fingerprint density at radius 1 is 1.32 bits per heavy atom. The van der Waals surface area contributed by atoms with Crippen molar-refractivity contribution in [3.05, 3.63) is 29.8 Å². The maximum atomic E-state index is 12.7. The molecule has 1 aromatic carbocycles. The summed E-state index contributed by atoms with van der Waals surface area (Å²) in [7, 11) is 1.62. The van der Waals surface area contributed by atoms with E-state index in [2.05, 4.69) is 0 Å². The second-order valence-corrected chi connectivity index (χ2v) is 6.02. The van der Waals surface area contributed by atoms with Crippen LogP contribution in [0.1, 0.15) is 36.0 Å². The second kappa shape index (κ2) is 5.04. The van der Waals surface area contributed by atoms with Gasteiger partial charge in [-0.3, -0.25) is 4.79 Å². The van der Waals surface area contributed by atoms with Crippen molar-refractivity contribution >= 4 is 17.5 Å². The van der Waals surface area contributed by atoms with E-state index >= 15 is 0 Å². The molecule has 1 amide bonds. The van der Waals surface area contributed by atoms with E-state index in [1.54, 1.807) is 7.11 Å². The van der Waals surface area contributed by atoms with Crippen LogP contribution in [0.25, 0.3) is 0 Å². The Labute approximate surface area is 118 Å². The normalized spacial score (nSPS) is 29.4. The van der Waals surface area contributed by atoms with Gasteiger partial charge in [-0.25, -0.2) is 0 Å². The number of rotatable bonds is 2. The maximum absolute atomic E-state index is 12.7. The monoisotopic (exact) mass is 279 g/mol. The van der Waals surface area contributed by atoms with Gasteiger partial charge in [0, 0.05) is 23.0 Å². The Morgan fingerprint density at radius 2 is 2.00 bits per heavy atom. The number of alkyl halides is 1. The molecule has 0 aromatic heterocycles. The van der Waals surface area contributed by atoms with Crippen molar-refractivity contribution in [2.75, 3.05) is 7.11 Å². The summed E-state index contributed by atoms with van der Waals surface area (Å²) in [4.78, 5) is 14.7. The van der Waals surface area contributed by atoms with Crippen molar-refractivity contribution < 1.29 is 9.53 Å². The minimum Gasteiger partial charge on any atom is -0.497 e. The first-order valence-electron chi connectivity index (χ1n) is 6.80. The number of hydrogen-bond acceptors (Lipinski definition) is 2. The quantitative estimate of drug-likeness (QED) is 0.779. The lowest BCUT2D eigenvalue weighted by molar-refractivity contribution is 0.0599. The highest BCUT2D eigenvalue weighted by Crippen LogP contribution is 2.38. The largest absolute Gasteiger partial charge is 0.497 e. The molecule has 2 aliphatic heterocycles. The first-order valence-corrected chi connectivity index (χ1v) is 7.23. The van der Waals surface area contributed by atoms with Gasteiger partial charge in [-0.15, -0.1) is 11.6 Å². The first-order chi connectivity index (χ1) is 9.19. The molecule has 0 radical (unpaired) electrons. The number of carbonyl (C=O) groups is 1. The van der Waals surface area contributed by atoms with Gasteiger partial charge >= 0.3 is 0 Å². The Kier molecular flexibility index (Phi) is 3.40. The molecule has 3 rings (SSSR count). The van der Waals surface area contributed by atoms with Crippen LogP contribution in [0.15, 0.2) is 24.3 Å². The lowest BCUT2D eigenvalue weighted by atomic mass is 10.0. The Balaban J connectivity index is 1.84.